The first kappa shape index (κ1) is 20.4. The minimum Gasteiger partial charge on any atom is -0.493 e. The molecule has 1 aliphatic heterocycles. The monoisotopic (exact) mass is 427 g/mol. The highest BCUT2D eigenvalue weighted by Gasteiger charge is 2.36. The van der Waals surface area contributed by atoms with E-state index in [2.05, 4.69) is 10.3 Å². The van der Waals surface area contributed by atoms with E-state index in [1.165, 1.54) is 30.3 Å². The first-order valence-corrected chi connectivity index (χ1v) is 11.0. The molecule has 158 valence electrons. The van der Waals surface area contributed by atoms with Gasteiger partial charge in [0.05, 0.1) is 13.7 Å². The van der Waals surface area contributed by atoms with Crippen LogP contribution in [0.1, 0.15) is 32.1 Å². The average Bonchev–Trinajstić information content (AvgIpc) is 3.50. The summed E-state index contributed by atoms with van der Waals surface area (Å²) in [6.45, 7) is 0.250. The van der Waals surface area contributed by atoms with Crippen molar-refractivity contribution in [2.45, 2.75) is 38.1 Å². The summed E-state index contributed by atoms with van der Waals surface area (Å²) in [5.41, 5.74) is 0. The number of nitrogens with one attached hydrogen (secondary N) is 1. The minimum absolute atomic E-state index is 0.197. The highest BCUT2D eigenvalue weighted by Crippen LogP contribution is 2.33. The number of rotatable bonds is 8. The number of carbonyl (C=O) groups excluding carboxylic acids is 2. The van der Waals surface area contributed by atoms with E-state index in [4.69, 9.17) is 9.47 Å². The van der Waals surface area contributed by atoms with Gasteiger partial charge in [0.25, 0.3) is 5.91 Å². The van der Waals surface area contributed by atoms with Gasteiger partial charge in [-0.1, -0.05) is 37.8 Å². The van der Waals surface area contributed by atoms with Crippen molar-refractivity contribution in [2.24, 2.45) is 5.92 Å². The number of hydrogen-bond donors (Lipinski definition) is 1. The molecule has 1 aromatic heterocycles. The second-order valence-electron chi connectivity index (χ2n) is 7.56. The molecule has 1 saturated carbocycles. The number of thiazole rings is 1. The molecule has 2 aromatic rings. The van der Waals surface area contributed by atoms with Gasteiger partial charge in [-0.2, -0.15) is 0 Å². The molecule has 30 heavy (non-hydrogen) atoms. The molecular formula is C22H25N3O4S. The zero-order chi connectivity index (χ0) is 20.9. The first-order valence-electron chi connectivity index (χ1n) is 10.2. The van der Waals surface area contributed by atoms with E-state index in [0.717, 1.165) is 12.8 Å². The Hall–Kier alpha value is -2.87. The molecule has 1 atom stereocenters. The van der Waals surface area contributed by atoms with Crippen LogP contribution in [0.15, 0.2) is 47.7 Å². The summed E-state index contributed by atoms with van der Waals surface area (Å²) in [7, 11) is 1.57. The predicted octanol–water partition coefficient (Wildman–Crippen LogP) is 3.84. The van der Waals surface area contributed by atoms with Crippen molar-refractivity contribution in [2.75, 3.05) is 19.0 Å². The molecule has 4 rings (SSSR count). The highest BCUT2D eigenvalue weighted by atomic mass is 32.1. The molecule has 0 saturated heterocycles. The second kappa shape index (κ2) is 9.30. The van der Waals surface area contributed by atoms with Gasteiger partial charge in [-0.25, -0.2) is 4.98 Å². The van der Waals surface area contributed by atoms with Crippen molar-refractivity contribution in [3.63, 3.8) is 0 Å². The van der Waals surface area contributed by atoms with E-state index in [-0.39, 0.29) is 18.4 Å². The largest absolute Gasteiger partial charge is 0.493 e. The van der Waals surface area contributed by atoms with Crippen LogP contribution in [0.25, 0.3) is 0 Å². The zero-order valence-corrected chi connectivity index (χ0v) is 17.7. The maximum Gasteiger partial charge on any atom is 0.251 e. The van der Waals surface area contributed by atoms with E-state index >= 15 is 0 Å². The Morgan fingerprint density at radius 2 is 2.07 bits per heavy atom. The SMILES string of the molecule is COc1ccccc1OC1=CC(=O)N(C(CC2CCCC2)C(=O)Nc2nccs2)C1. The van der Waals surface area contributed by atoms with Crippen molar-refractivity contribution in [3.05, 3.63) is 47.7 Å². The number of carbonyl (C=O) groups is 2. The number of amides is 2. The van der Waals surface area contributed by atoms with Crippen LogP contribution in [-0.2, 0) is 9.59 Å². The molecular weight excluding hydrogens is 402 g/mol. The summed E-state index contributed by atoms with van der Waals surface area (Å²) in [4.78, 5) is 31.6. The molecule has 7 nitrogen and oxygen atoms in total. The lowest BCUT2D eigenvalue weighted by atomic mass is 9.97. The predicted molar refractivity (Wildman–Crippen MR) is 115 cm³/mol. The first-order chi connectivity index (χ1) is 14.6. The van der Waals surface area contributed by atoms with Crippen molar-refractivity contribution >= 4 is 28.3 Å². The molecule has 2 aliphatic rings. The molecule has 1 unspecified atom stereocenters. The van der Waals surface area contributed by atoms with Gasteiger partial charge in [0.1, 0.15) is 11.8 Å². The molecule has 1 aliphatic carbocycles. The van der Waals surface area contributed by atoms with Crippen LogP contribution in [-0.4, -0.2) is 41.4 Å². The fourth-order valence-electron chi connectivity index (χ4n) is 4.09. The standard InChI is InChI=1S/C22H25N3O4S/c1-28-18-8-4-5-9-19(18)29-16-13-20(26)25(14-16)17(12-15-6-2-3-7-15)21(27)24-22-23-10-11-30-22/h4-5,8-11,13,15,17H,2-3,6-7,12,14H2,1H3,(H,23,24,27). The van der Waals surface area contributed by atoms with E-state index in [9.17, 15) is 9.59 Å². The number of benzene rings is 1. The summed E-state index contributed by atoms with van der Waals surface area (Å²) < 4.78 is 11.3. The lowest BCUT2D eigenvalue weighted by molar-refractivity contribution is -0.134. The quantitative estimate of drug-likeness (QED) is 0.692. The van der Waals surface area contributed by atoms with Crippen molar-refractivity contribution in [1.29, 1.82) is 0 Å². The van der Waals surface area contributed by atoms with E-state index in [0.29, 0.717) is 34.7 Å². The van der Waals surface area contributed by atoms with Crippen LogP contribution >= 0.6 is 11.3 Å². The Kier molecular flexibility index (Phi) is 6.32. The average molecular weight is 428 g/mol. The van der Waals surface area contributed by atoms with Gasteiger partial charge in [-0.05, 0) is 24.5 Å². The van der Waals surface area contributed by atoms with Crippen LogP contribution in [0.3, 0.4) is 0 Å². The van der Waals surface area contributed by atoms with Crippen molar-refractivity contribution in [3.8, 4) is 11.5 Å². The molecule has 0 bridgehead atoms. The van der Waals surface area contributed by atoms with Crippen molar-refractivity contribution < 1.29 is 19.1 Å². The Labute approximate surface area is 179 Å². The molecule has 0 radical (unpaired) electrons. The van der Waals surface area contributed by atoms with Gasteiger partial charge in [0.15, 0.2) is 16.6 Å². The molecule has 8 heteroatoms. The highest BCUT2D eigenvalue weighted by molar-refractivity contribution is 7.13. The van der Waals surface area contributed by atoms with E-state index < -0.39 is 6.04 Å². The van der Waals surface area contributed by atoms with Crippen LogP contribution in [0, 0.1) is 5.92 Å². The molecule has 1 N–H and O–H groups in total. The molecule has 1 aromatic carbocycles. The number of aromatic nitrogens is 1. The summed E-state index contributed by atoms with van der Waals surface area (Å²) in [5.74, 6) is 1.68. The van der Waals surface area contributed by atoms with Gasteiger partial charge < -0.3 is 19.7 Å². The Morgan fingerprint density at radius 3 is 2.77 bits per heavy atom. The number of nitrogens with zero attached hydrogens (tertiary/aromatic N) is 2. The van der Waals surface area contributed by atoms with E-state index in [1.807, 2.05) is 17.5 Å². The fourth-order valence-corrected chi connectivity index (χ4v) is 4.63. The Morgan fingerprint density at radius 1 is 1.30 bits per heavy atom. The second-order valence-corrected chi connectivity index (χ2v) is 8.45. The normalized spacial score (nSPS) is 17.7. The third kappa shape index (κ3) is 4.64. The maximum absolute atomic E-state index is 13.1. The minimum atomic E-state index is -0.556. The number of hydrogen-bond acceptors (Lipinski definition) is 6. The molecule has 0 spiro atoms. The van der Waals surface area contributed by atoms with Gasteiger partial charge in [-0.15, -0.1) is 11.3 Å². The smallest absolute Gasteiger partial charge is 0.251 e. The van der Waals surface area contributed by atoms with Crippen LogP contribution in [0.5, 0.6) is 11.5 Å². The summed E-state index contributed by atoms with van der Waals surface area (Å²) >= 11 is 1.36. The zero-order valence-electron chi connectivity index (χ0n) is 16.9. The number of ether oxygens (including phenoxy) is 2. The maximum atomic E-state index is 13.1. The Bertz CT molecular complexity index is 922. The number of methoxy groups -OCH3 is 1. The Balaban J connectivity index is 1.49. The van der Waals surface area contributed by atoms with Gasteiger partial charge in [-0.3, -0.25) is 9.59 Å². The fraction of sp³-hybridized carbons (Fsp3) is 0.409. The molecule has 1 fully saturated rings. The molecule has 2 amide bonds. The number of para-hydroxylation sites is 2. The van der Waals surface area contributed by atoms with Gasteiger partial charge in [0, 0.05) is 17.7 Å². The van der Waals surface area contributed by atoms with Gasteiger partial charge in [0.2, 0.25) is 5.91 Å². The summed E-state index contributed by atoms with van der Waals surface area (Å²) in [6.07, 6.45) is 8.32. The number of anilines is 1. The summed E-state index contributed by atoms with van der Waals surface area (Å²) in [6, 6.07) is 6.73. The lowest BCUT2D eigenvalue weighted by Gasteiger charge is -2.29. The van der Waals surface area contributed by atoms with Crippen LogP contribution in [0.4, 0.5) is 5.13 Å². The summed E-state index contributed by atoms with van der Waals surface area (Å²) in [5, 5.41) is 5.22. The van der Waals surface area contributed by atoms with Crippen molar-refractivity contribution in [1.82, 2.24) is 9.88 Å². The van der Waals surface area contributed by atoms with E-state index in [1.54, 1.807) is 30.3 Å². The third-order valence-corrected chi connectivity index (χ3v) is 6.27. The lowest BCUT2D eigenvalue weighted by Crippen LogP contribution is -2.46. The van der Waals surface area contributed by atoms with Crippen LogP contribution in [0.2, 0.25) is 0 Å². The third-order valence-electron chi connectivity index (χ3n) is 5.58. The molecule has 2 heterocycles. The topological polar surface area (TPSA) is 80.8 Å². The van der Waals surface area contributed by atoms with Gasteiger partial charge >= 0.3 is 0 Å². The van der Waals surface area contributed by atoms with Crippen LogP contribution < -0.4 is 14.8 Å².